The van der Waals surface area contributed by atoms with Gasteiger partial charge in [0.05, 0.1) is 5.52 Å². The summed E-state index contributed by atoms with van der Waals surface area (Å²) in [7, 11) is 0. The zero-order valence-corrected chi connectivity index (χ0v) is 7.91. The van der Waals surface area contributed by atoms with Crippen molar-refractivity contribution in [2.24, 2.45) is 5.73 Å². The first-order chi connectivity index (χ1) is 6.72. The Balaban J connectivity index is 2.70. The summed E-state index contributed by atoms with van der Waals surface area (Å²) < 4.78 is 5.06. The molecule has 0 amide bonds. The summed E-state index contributed by atoms with van der Waals surface area (Å²) in [6.07, 6.45) is 0. The van der Waals surface area contributed by atoms with Crippen molar-refractivity contribution in [3.8, 4) is 0 Å². The van der Waals surface area contributed by atoms with Gasteiger partial charge in [-0.05, 0) is 18.5 Å². The number of aromatic nitrogens is 1. The smallest absolute Gasteiger partial charge is 0.408 e. The van der Waals surface area contributed by atoms with Crippen molar-refractivity contribution in [2.75, 3.05) is 6.54 Å². The van der Waals surface area contributed by atoms with E-state index in [1.54, 1.807) is 0 Å². The molecule has 1 atom stereocenters. The Morgan fingerprint density at radius 2 is 2.36 bits per heavy atom. The van der Waals surface area contributed by atoms with Crippen molar-refractivity contribution in [3.05, 3.63) is 34.3 Å². The Labute approximate surface area is 80.7 Å². The van der Waals surface area contributed by atoms with Gasteiger partial charge in [0.2, 0.25) is 0 Å². The second-order valence-electron chi connectivity index (χ2n) is 3.38. The van der Waals surface area contributed by atoms with Gasteiger partial charge < -0.3 is 10.2 Å². The molecule has 1 heterocycles. The van der Waals surface area contributed by atoms with Crippen molar-refractivity contribution in [2.45, 2.75) is 12.8 Å². The molecule has 1 unspecified atom stereocenters. The summed E-state index contributed by atoms with van der Waals surface area (Å²) in [5.41, 5.74) is 7.90. The largest absolute Gasteiger partial charge is 0.417 e. The summed E-state index contributed by atoms with van der Waals surface area (Å²) in [5, 5.41) is 0. The number of oxazole rings is 1. The van der Waals surface area contributed by atoms with Crippen molar-refractivity contribution in [1.29, 1.82) is 0 Å². The molecule has 14 heavy (non-hydrogen) atoms. The van der Waals surface area contributed by atoms with Gasteiger partial charge in [-0.2, -0.15) is 0 Å². The molecule has 2 aromatic rings. The molecule has 0 spiro atoms. The van der Waals surface area contributed by atoms with Crippen LogP contribution in [0.15, 0.2) is 27.4 Å². The monoisotopic (exact) mass is 192 g/mol. The molecule has 0 bridgehead atoms. The molecule has 0 saturated heterocycles. The zero-order chi connectivity index (χ0) is 10.1. The number of para-hydroxylation sites is 1. The predicted octanol–water partition coefficient (Wildman–Crippen LogP) is 1.18. The van der Waals surface area contributed by atoms with E-state index in [-0.39, 0.29) is 5.92 Å². The molecule has 0 aliphatic carbocycles. The average molecular weight is 192 g/mol. The Morgan fingerprint density at radius 1 is 1.57 bits per heavy atom. The van der Waals surface area contributed by atoms with E-state index in [1.165, 1.54) is 0 Å². The summed E-state index contributed by atoms with van der Waals surface area (Å²) in [6, 6.07) is 5.62. The van der Waals surface area contributed by atoms with Crippen LogP contribution in [0, 0.1) is 0 Å². The highest BCUT2D eigenvalue weighted by Crippen LogP contribution is 2.22. The van der Waals surface area contributed by atoms with Gasteiger partial charge in [-0.3, -0.25) is 4.98 Å². The Bertz CT molecular complexity index is 498. The number of nitrogens with two attached hydrogens (primary N) is 1. The van der Waals surface area contributed by atoms with Gasteiger partial charge in [-0.1, -0.05) is 19.1 Å². The fraction of sp³-hybridized carbons (Fsp3) is 0.300. The first kappa shape index (κ1) is 9.02. The number of rotatable bonds is 2. The topological polar surface area (TPSA) is 72.0 Å². The van der Waals surface area contributed by atoms with Crippen LogP contribution in [0.4, 0.5) is 0 Å². The highest BCUT2D eigenvalue weighted by Gasteiger charge is 2.11. The fourth-order valence-electron chi connectivity index (χ4n) is 1.51. The number of hydrogen-bond acceptors (Lipinski definition) is 3. The third-order valence-electron chi connectivity index (χ3n) is 2.36. The maximum Gasteiger partial charge on any atom is 0.417 e. The number of aromatic amines is 1. The van der Waals surface area contributed by atoms with Crippen LogP contribution in [0.5, 0.6) is 0 Å². The van der Waals surface area contributed by atoms with E-state index in [9.17, 15) is 4.79 Å². The highest BCUT2D eigenvalue weighted by atomic mass is 16.4. The fourth-order valence-corrected chi connectivity index (χ4v) is 1.51. The molecular formula is C10H12N2O2. The molecule has 4 heteroatoms. The first-order valence-corrected chi connectivity index (χ1v) is 4.54. The van der Waals surface area contributed by atoms with E-state index in [1.807, 2.05) is 25.1 Å². The van der Waals surface area contributed by atoms with Gasteiger partial charge >= 0.3 is 5.76 Å². The molecule has 1 aromatic carbocycles. The number of benzene rings is 1. The normalized spacial score (nSPS) is 13.3. The first-order valence-electron chi connectivity index (χ1n) is 4.54. The average Bonchev–Trinajstić information content (AvgIpc) is 2.56. The van der Waals surface area contributed by atoms with Gasteiger partial charge in [0, 0.05) is 5.56 Å². The van der Waals surface area contributed by atoms with Crippen LogP contribution >= 0.6 is 0 Å². The Hall–Kier alpha value is -1.55. The Kier molecular flexibility index (Phi) is 2.13. The molecule has 0 fully saturated rings. The third-order valence-corrected chi connectivity index (χ3v) is 2.36. The van der Waals surface area contributed by atoms with Gasteiger partial charge in [-0.15, -0.1) is 0 Å². The van der Waals surface area contributed by atoms with Crippen LogP contribution < -0.4 is 11.5 Å². The predicted molar refractivity (Wildman–Crippen MR) is 54.3 cm³/mol. The lowest BCUT2D eigenvalue weighted by Crippen LogP contribution is -2.08. The van der Waals surface area contributed by atoms with E-state index in [4.69, 9.17) is 10.2 Å². The molecule has 4 nitrogen and oxygen atoms in total. The van der Waals surface area contributed by atoms with Gasteiger partial charge in [0.1, 0.15) is 0 Å². The van der Waals surface area contributed by atoms with Crippen molar-refractivity contribution >= 4 is 11.1 Å². The summed E-state index contributed by atoms with van der Waals surface area (Å²) >= 11 is 0. The van der Waals surface area contributed by atoms with E-state index in [0.717, 1.165) is 11.1 Å². The number of H-pyrrole nitrogens is 1. The van der Waals surface area contributed by atoms with E-state index in [2.05, 4.69) is 4.98 Å². The van der Waals surface area contributed by atoms with Crippen LogP contribution in [0.2, 0.25) is 0 Å². The number of nitrogens with one attached hydrogen (secondary N) is 1. The minimum atomic E-state index is -0.420. The number of fused-ring (bicyclic) bond motifs is 1. The maximum absolute atomic E-state index is 11.0. The summed E-state index contributed by atoms with van der Waals surface area (Å²) in [4.78, 5) is 13.6. The van der Waals surface area contributed by atoms with Gasteiger partial charge in [0.25, 0.3) is 0 Å². The summed E-state index contributed by atoms with van der Waals surface area (Å²) in [6.45, 7) is 2.54. The van der Waals surface area contributed by atoms with Crippen molar-refractivity contribution in [3.63, 3.8) is 0 Å². The maximum atomic E-state index is 11.0. The number of hydrogen-bond donors (Lipinski definition) is 2. The lowest BCUT2D eigenvalue weighted by atomic mass is 10.0. The molecular weight excluding hydrogens is 180 g/mol. The van der Waals surface area contributed by atoms with E-state index < -0.39 is 5.76 Å². The van der Waals surface area contributed by atoms with Gasteiger partial charge in [-0.25, -0.2) is 4.79 Å². The van der Waals surface area contributed by atoms with Crippen LogP contribution in [-0.2, 0) is 0 Å². The van der Waals surface area contributed by atoms with Crippen LogP contribution in [0.1, 0.15) is 18.4 Å². The lowest BCUT2D eigenvalue weighted by molar-refractivity contribution is 0.548. The van der Waals surface area contributed by atoms with Gasteiger partial charge in [0.15, 0.2) is 5.58 Å². The molecule has 0 aliphatic rings. The highest BCUT2D eigenvalue weighted by molar-refractivity contribution is 5.76. The van der Waals surface area contributed by atoms with Crippen LogP contribution in [0.3, 0.4) is 0 Å². The van der Waals surface area contributed by atoms with Crippen molar-refractivity contribution in [1.82, 2.24) is 4.98 Å². The van der Waals surface area contributed by atoms with Crippen molar-refractivity contribution < 1.29 is 4.42 Å². The molecule has 74 valence electrons. The SMILES string of the molecule is CC(CN)c1cccc2[nH]c(=O)oc12. The molecule has 0 radical (unpaired) electrons. The molecule has 1 aromatic heterocycles. The molecule has 2 rings (SSSR count). The lowest BCUT2D eigenvalue weighted by Gasteiger charge is -2.07. The standard InChI is InChI=1S/C10H12N2O2/c1-6(5-11)7-3-2-4-8-9(7)14-10(13)12-8/h2-4,6H,5,11H2,1H3,(H,12,13). The summed E-state index contributed by atoms with van der Waals surface area (Å²) in [5.74, 6) is -0.227. The van der Waals surface area contributed by atoms with Crippen LogP contribution in [0.25, 0.3) is 11.1 Å². The zero-order valence-electron chi connectivity index (χ0n) is 7.91. The quantitative estimate of drug-likeness (QED) is 0.750. The molecule has 0 aliphatic heterocycles. The molecule has 0 saturated carbocycles. The second-order valence-corrected chi connectivity index (χ2v) is 3.38. The Morgan fingerprint density at radius 3 is 3.07 bits per heavy atom. The molecule has 3 N–H and O–H groups in total. The third kappa shape index (κ3) is 1.33. The minimum Gasteiger partial charge on any atom is -0.408 e. The van der Waals surface area contributed by atoms with Crippen LogP contribution in [-0.4, -0.2) is 11.5 Å². The van der Waals surface area contributed by atoms with E-state index >= 15 is 0 Å². The second kappa shape index (κ2) is 3.31. The minimum absolute atomic E-state index is 0.192. The van der Waals surface area contributed by atoms with E-state index in [0.29, 0.717) is 12.1 Å².